The van der Waals surface area contributed by atoms with Crippen LogP contribution in [0.1, 0.15) is 24.0 Å². The molecule has 1 aromatic heterocycles. The summed E-state index contributed by atoms with van der Waals surface area (Å²) in [5, 5.41) is 0. The molecule has 2 fully saturated rings. The molecule has 2 aliphatic heterocycles. The van der Waals surface area contributed by atoms with Crippen LogP contribution in [0, 0.1) is 0 Å². The van der Waals surface area contributed by atoms with Gasteiger partial charge in [-0.3, -0.25) is 9.78 Å². The highest BCUT2D eigenvalue weighted by molar-refractivity contribution is 7.89. The maximum atomic E-state index is 13.4. The molecule has 10 heteroatoms. The number of sulfonamides is 1. The van der Waals surface area contributed by atoms with E-state index in [9.17, 15) is 13.2 Å². The number of morpholine rings is 1. The fraction of sp³-hybridized carbons (Fsp3) is 0.500. The molecule has 1 atom stereocenters. The summed E-state index contributed by atoms with van der Waals surface area (Å²) in [4.78, 5) is 19.4. The van der Waals surface area contributed by atoms with Gasteiger partial charge in [0.25, 0.3) is 0 Å². The Morgan fingerprint density at radius 2 is 2.03 bits per heavy atom. The molecule has 3 heterocycles. The van der Waals surface area contributed by atoms with E-state index in [1.54, 1.807) is 35.5 Å². The molecule has 9 nitrogen and oxygen atoms in total. The van der Waals surface area contributed by atoms with Crippen molar-refractivity contribution in [2.24, 2.45) is 0 Å². The Bertz CT molecular complexity index is 1070. The molecule has 0 N–H and O–H groups in total. The first-order chi connectivity index (χ1) is 16.5. The van der Waals surface area contributed by atoms with Gasteiger partial charge < -0.3 is 19.1 Å². The van der Waals surface area contributed by atoms with E-state index >= 15 is 0 Å². The highest BCUT2D eigenvalue weighted by Crippen LogP contribution is 2.29. The zero-order chi connectivity index (χ0) is 24.0. The number of amides is 1. The van der Waals surface area contributed by atoms with Gasteiger partial charge in [-0.25, -0.2) is 8.42 Å². The second kappa shape index (κ2) is 11.3. The number of pyridine rings is 1. The Hall–Kier alpha value is -2.53. The first-order valence-corrected chi connectivity index (χ1v) is 12.9. The van der Waals surface area contributed by atoms with Gasteiger partial charge in [-0.1, -0.05) is 12.1 Å². The van der Waals surface area contributed by atoms with Crippen LogP contribution in [0.4, 0.5) is 0 Å². The van der Waals surface area contributed by atoms with E-state index in [4.69, 9.17) is 14.2 Å². The van der Waals surface area contributed by atoms with Crippen LogP contribution in [0.2, 0.25) is 0 Å². The molecule has 2 aliphatic rings. The number of hydrogen-bond acceptors (Lipinski definition) is 7. The smallest absolute Gasteiger partial charge is 0.246 e. The van der Waals surface area contributed by atoms with Crippen LogP contribution in [0.3, 0.4) is 0 Å². The molecule has 0 saturated carbocycles. The Kier molecular flexibility index (Phi) is 8.15. The van der Waals surface area contributed by atoms with Gasteiger partial charge in [0.15, 0.2) is 0 Å². The van der Waals surface area contributed by atoms with Crippen LogP contribution < -0.4 is 4.74 Å². The molecule has 4 rings (SSSR count). The number of hydrogen-bond donors (Lipinski definition) is 0. The molecule has 1 unspecified atom stereocenters. The number of aromatic nitrogens is 1. The number of ether oxygens (including phenoxy) is 3. The molecule has 34 heavy (non-hydrogen) atoms. The summed E-state index contributed by atoms with van der Waals surface area (Å²) in [5.74, 6) is 0.161. The van der Waals surface area contributed by atoms with Crippen molar-refractivity contribution in [2.75, 3.05) is 46.6 Å². The summed E-state index contributed by atoms with van der Waals surface area (Å²) in [6, 6.07) is 8.68. The highest BCUT2D eigenvalue weighted by atomic mass is 32.2. The molecule has 0 radical (unpaired) electrons. The van der Waals surface area contributed by atoms with Crippen molar-refractivity contribution in [1.82, 2.24) is 14.2 Å². The van der Waals surface area contributed by atoms with Gasteiger partial charge >= 0.3 is 0 Å². The lowest BCUT2D eigenvalue weighted by Gasteiger charge is -2.27. The van der Waals surface area contributed by atoms with Crippen LogP contribution in [0.5, 0.6) is 5.75 Å². The van der Waals surface area contributed by atoms with E-state index in [2.05, 4.69) is 4.98 Å². The SMILES string of the molecule is COc1ccc(CC(=O)N(Cc2cccnc2)CC2CCCO2)cc1S(=O)(=O)N1CCOCC1. The molecule has 0 aliphatic carbocycles. The molecule has 0 spiro atoms. The standard InChI is InChI=1S/C24H31N3O6S/c1-31-22-7-6-19(14-23(22)34(29,30)27-9-12-32-13-10-27)15-24(28)26(18-21-5-3-11-33-21)17-20-4-2-8-25-16-20/h2,4,6-8,14,16,21H,3,5,9-13,15,17-18H2,1H3. The first kappa shape index (κ1) is 24.6. The average Bonchev–Trinajstić information content (AvgIpc) is 3.38. The lowest BCUT2D eigenvalue weighted by molar-refractivity contribution is -0.132. The summed E-state index contributed by atoms with van der Waals surface area (Å²) < 4.78 is 44.4. The third kappa shape index (κ3) is 5.93. The third-order valence-corrected chi connectivity index (χ3v) is 7.99. The van der Waals surface area contributed by atoms with Crippen LogP contribution in [-0.4, -0.2) is 81.2 Å². The number of rotatable bonds is 9. The lowest BCUT2D eigenvalue weighted by Crippen LogP contribution is -2.40. The lowest BCUT2D eigenvalue weighted by atomic mass is 10.1. The fourth-order valence-corrected chi connectivity index (χ4v) is 5.86. The molecule has 1 aromatic carbocycles. The van der Waals surface area contributed by atoms with E-state index in [0.29, 0.717) is 38.5 Å². The molecule has 2 aromatic rings. The van der Waals surface area contributed by atoms with E-state index in [-0.39, 0.29) is 42.2 Å². The topological polar surface area (TPSA) is 98.3 Å². The van der Waals surface area contributed by atoms with Gasteiger partial charge in [0.05, 0.1) is 32.8 Å². The highest BCUT2D eigenvalue weighted by Gasteiger charge is 2.30. The average molecular weight is 490 g/mol. The van der Waals surface area contributed by atoms with Crippen molar-refractivity contribution in [1.29, 1.82) is 0 Å². The largest absolute Gasteiger partial charge is 0.495 e. The Morgan fingerprint density at radius 3 is 2.71 bits per heavy atom. The second-order valence-corrected chi connectivity index (χ2v) is 10.4. The van der Waals surface area contributed by atoms with Crippen LogP contribution in [-0.2, 0) is 37.3 Å². The second-order valence-electron chi connectivity index (χ2n) is 8.45. The maximum absolute atomic E-state index is 13.4. The number of benzene rings is 1. The van der Waals surface area contributed by atoms with Gasteiger partial charge in [0.2, 0.25) is 15.9 Å². The zero-order valence-electron chi connectivity index (χ0n) is 19.4. The molecular weight excluding hydrogens is 458 g/mol. The van der Waals surface area contributed by atoms with Gasteiger partial charge in [-0.15, -0.1) is 0 Å². The van der Waals surface area contributed by atoms with Crippen molar-refractivity contribution in [3.63, 3.8) is 0 Å². The van der Waals surface area contributed by atoms with Gasteiger partial charge in [-0.05, 0) is 42.2 Å². The molecule has 0 bridgehead atoms. The summed E-state index contributed by atoms with van der Waals surface area (Å²) in [7, 11) is -2.34. The quantitative estimate of drug-likeness (QED) is 0.530. The van der Waals surface area contributed by atoms with Crippen LogP contribution >= 0.6 is 0 Å². The minimum absolute atomic E-state index is 0.00810. The monoisotopic (exact) mass is 489 g/mol. The summed E-state index contributed by atoms with van der Waals surface area (Å²) in [5.41, 5.74) is 1.54. The summed E-state index contributed by atoms with van der Waals surface area (Å²) in [6.07, 6.45) is 5.43. The number of carbonyl (C=O) groups is 1. The van der Waals surface area contributed by atoms with Crippen molar-refractivity contribution in [2.45, 2.75) is 36.8 Å². The number of methoxy groups -OCH3 is 1. The van der Waals surface area contributed by atoms with Gasteiger partial charge in [0, 0.05) is 45.2 Å². The normalized spacial score (nSPS) is 19.1. The Balaban J connectivity index is 1.55. The molecular formula is C24H31N3O6S. The Morgan fingerprint density at radius 1 is 1.21 bits per heavy atom. The van der Waals surface area contributed by atoms with Gasteiger partial charge in [0.1, 0.15) is 10.6 Å². The van der Waals surface area contributed by atoms with Crippen molar-refractivity contribution >= 4 is 15.9 Å². The zero-order valence-corrected chi connectivity index (χ0v) is 20.2. The minimum atomic E-state index is -3.78. The number of carbonyl (C=O) groups excluding carboxylic acids is 1. The van der Waals surface area contributed by atoms with E-state index < -0.39 is 10.0 Å². The maximum Gasteiger partial charge on any atom is 0.246 e. The summed E-state index contributed by atoms with van der Waals surface area (Å²) in [6.45, 7) is 2.90. The Labute approximate surface area is 200 Å². The number of nitrogens with zero attached hydrogens (tertiary/aromatic N) is 3. The molecule has 184 valence electrons. The van der Waals surface area contributed by atoms with E-state index in [0.717, 1.165) is 18.4 Å². The molecule has 2 saturated heterocycles. The van der Waals surface area contributed by atoms with Crippen molar-refractivity contribution < 1.29 is 27.4 Å². The predicted octanol–water partition coefficient (Wildman–Crippen LogP) is 1.86. The third-order valence-electron chi connectivity index (χ3n) is 6.07. The summed E-state index contributed by atoms with van der Waals surface area (Å²) >= 11 is 0. The van der Waals surface area contributed by atoms with E-state index in [1.807, 2.05) is 12.1 Å². The van der Waals surface area contributed by atoms with E-state index in [1.165, 1.54) is 11.4 Å². The van der Waals surface area contributed by atoms with Crippen molar-refractivity contribution in [3.8, 4) is 5.75 Å². The van der Waals surface area contributed by atoms with Crippen LogP contribution in [0.15, 0.2) is 47.6 Å². The van der Waals surface area contributed by atoms with Crippen molar-refractivity contribution in [3.05, 3.63) is 53.9 Å². The van der Waals surface area contributed by atoms with Crippen LogP contribution in [0.25, 0.3) is 0 Å². The first-order valence-electron chi connectivity index (χ1n) is 11.5. The molecule has 1 amide bonds. The fourth-order valence-electron chi connectivity index (χ4n) is 4.25. The minimum Gasteiger partial charge on any atom is -0.495 e. The van der Waals surface area contributed by atoms with Gasteiger partial charge in [-0.2, -0.15) is 4.31 Å². The predicted molar refractivity (Wildman–Crippen MR) is 125 cm³/mol.